The van der Waals surface area contributed by atoms with Crippen LogP contribution in [0.2, 0.25) is 0 Å². The van der Waals surface area contributed by atoms with Crippen molar-refractivity contribution in [1.29, 1.82) is 5.26 Å². The van der Waals surface area contributed by atoms with Gasteiger partial charge in [0.05, 0.1) is 18.2 Å². The molecular weight excluding hydrogens is 252 g/mol. The molecule has 1 aliphatic rings. The first kappa shape index (κ1) is 14.5. The molecule has 1 saturated heterocycles. The average molecular weight is 272 g/mol. The molecule has 20 heavy (non-hydrogen) atoms. The molecule has 0 bridgehead atoms. The second kappa shape index (κ2) is 7.66. The standard InChI is InChI=1S/C16H20N2O2/c17-12-14-5-7-15(8-6-14)13-20-11-3-4-16(19)18-9-1-2-10-18/h5-8H,1-4,9-11,13H2. The third-order valence-electron chi connectivity index (χ3n) is 3.49. The zero-order chi connectivity index (χ0) is 14.2. The van der Waals surface area contributed by atoms with Crippen molar-refractivity contribution >= 4 is 5.91 Å². The number of carbonyl (C=O) groups is 1. The van der Waals surface area contributed by atoms with E-state index in [-0.39, 0.29) is 5.91 Å². The van der Waals surface area contributed by atoms with Crippen LogP contribution in [0.15, 0.2) is 24.3 Å². The van der Waals surface area contributed by atoms with Crippen LogP contribution in [0.3, 0.4) is 0 Å². The summed E-state index contributed by atoms with van der Waals surface area (Å²) in [7, 11) is 0. The van der Waals surface area contributed by atoms with Gasteiger partial charge in [0.15, 0.2) is 0 Å². The average Bonchev–Trinajstić information content (AvgIpc) is 3.01. The lowest BCUT2D eigenvalue weighted by molar-refractivity contribution is -0.130. The molecule has 1 aromatic rings. The van der Waals surface area contributed by atoms with Gasteiger partial charge in [0.25, 0.3) is 0 Å². The summed E-state index contributed by atoms with van der Waals surface area (Å²) >= 11 is 0. The Morgan fingerprint density at radius 2 is 1.95 bits per heavy atom. The summed E-state index contributed by atoms with van der Waals surface area (Å²) in [6.45, 7) is 2.97. The highest BCUT2D eigenvalue weighted by atomic mass is 16.5. The molecule has 4 nitrogen and oxygen atoms in total. The van der Waals surface area contributed by atoms with E-state index in [9.17, 15) is 4.79 Å². The highest BCUT2D eigenvalue weighted by Gasteiger charge is 2.16. The van der Waals surface area contributed by atoms with Gasteiger partial charge in [-0.1, -0.05) is 12.1 Å². The lowest BCUT2D eigenvalue weighted by Crippen LogP contribution is -2.27. The Morgan fingerprint density at radius 3 is 2.60 bits per heavy atom. The molecule has 0 unspecified atom stereocenters. The fraction of sp³-hybridized carbons (Fsp3) is 0.500. The smallest absolute Gasteiger partial charge is 0.222 e. The number of ether oxygens (including phenoxy) is 1. The van der Waals surface area contributed by atoms with Gasteiger partial charge < -0.3 is 9.64 Å². The van der Waals surface area contributed by atoms with Crippen LogP contribution in [0.5, 0.6) is 0 Å². The molecule has 4 heteroatoms. The lowest BCUT2D eigenvalue weighted by atomic mass is 10.2. The molecule has 0 aromatic heterocycles. The molecule has 1 aromatic carbocycles. The van der Waals surface area contributed by atoms with Gasteiger partial charge >= 0.3 is 0 Å². The summed E-state index contributed by atoms with van der Waals surface area (Å²) in [6, 6.07) is 9.45. The Balaban J connectivity index is 1.59. The zero-order valence-corrected chi connectivity index (χ0v) is 11.7. The number of hydrogen-bond donors (Lipinski definition) is 0. The van der Waals surface area contributed by atoms with Crippen molar-refractivity contribution in [3.63, 3.8) is 0 Å². The highest BCUT2D eigenvalue weighted by Crippen LogP contribution is 2.10. The molecule has 0 radical (unpaired) electrons. The van der Waals surface area contributed by atoms with Gasteiger partial charge in [0.1, 0.15) is 0 Å². The van der Waals surface area contributed by atoms with E-state index in [1.165, 1.54) is 0 Å². The summed E-state index contributed by atoms with van der Waals surface area (Å²) in [5.74, 6) is 0.254. The SMILES string of the molecule is N#Cc1ccc(COCCCC(=O)N2CCCC2)cc1. The normalized spacial score (nSPS) is 14.2. The third-order valence-corrected chi connectivity index (χ3v) is 3.49. The van der Waals surface area contributed by atoms with Crippen molar-refractivity contribution in [3.8, 4) is 6.07 Å². The van der Waals surface area contributed by atoms with E-state index in [0.717, 1.165) is 37.9 Å². The first-order chi connectivity index (χ1) is 9.79. The van der Waals surface area contributed by atoms with Gasteiger partial charge in [-0.25, -0.2) is 0 Å². The van der Waals surface area contributed by atoms with Crippen LogP contribution in [-0.2, 0) is 16.1 Å². The van der Waals surface area contributed by atoms with Gasteiger partial charge in [-0.3, -0.25) is 4.79 Å². The second-order valence-electron chi connectivity index (χ2n) is 5.05. The van der Waals surface area contributed by atoms with Crippen LogP contribution in [0.1, 0.15) is 36.8 Å². The molecule has 1 amide bonds. The topological polar surface area (TPSA) is 53.3 Å². The van der Waals surface area contributed by atoms with Gasteiger partial charge in [0.2, 0.25) is 5.91 Å². The van der Waals surface area contributed by atoms with Crippen LogP contribution in [0.4, 0.5) is 0 Å². The van der Waals surface area contributed by atoms with Crippen molar-refractivity contribution in [2.75, 3.05) is 19.7 Å². The molecule has 0 atom stereocenters. The number of amides is 1. The molecule has 0 spiro atoms. The summed E-state index contributed by atoms with van der Waals surface area (Å²) in [4.78, 5) is 13.7. The van der Waals surface area contributed by atoms with Crippen LogP contribution in [0, 0.1) is 11.3 Å². The zero-order valence-electron chi connectivity index (χ0n) is 11.7. The van der Waals surface area contributed by atoms with Crippen molar-refractivity contribution in [1.82, 2.24) is 4.90 Å². The van der Waals surface area contributed by atoms with Gasteiger partial charge in [-0.2, -0.15) is 5.26 Å². The monoisotopic (exact) mass is 272 g/mol. The van der Waals surface area contributed by atoms with E-state index in [0.29, 0.717) is 25.2 Å². The number of nitriles is 1. The first-order valence-corrected chi connectivity index (χ1v) is 7.14. The predicted octanol–water partition coefficient (Wildman–Crippen LogP) is 2.48. The minimum absolute atomic E-state index is 0.254. The molecule has 106 valence electrons. The van der Waals surface area contributed by atoms with Crippen molar-refractivity contribution in [2.24, 2.45) is 0 Å². The fourth-order valence-electron chi connectivity index (χ4n) is 2.32. The lowest BCUT2D eigenvalue weighted by Gasteiger charge is -2.14. The Bertz CT molecular complexity index is 470. The molecule has 1 aliphatic heterocycles. The Labute approximate surface area is 120 Å². The number of likely N-dealkylation sites (tertiary alicyclic amines) is 1. The minimum Gasteiger partial charge on any atom is -0.377 e. The molecule has 1 heterocycles. The number of rotatable bonds is 6. The maximum absolute atomic E-state index is 11.8. The van der Waals surface area contributed by atoms with E-state index in [1.807, 2.05) is 17.0 Å². The number of carbonyl (C=O) groups excluding carboxylic acids is 1. The van der Waals surface area contributed by atoms with E-state index in [1.54, 1.807) is 12.1 Å². The van der Waals surface area contributed by atoms with Crippen molar-refractivity contribution < 1.29 is 9.53 Å². The Hall–Kier alpha value is -1.86. The molecule has 0 aliphatic carbocycles. The predicted molar refractivity (Wildman–Crippen MR) is 75.9 cm³/mol. The first-order valence-electron chi connectivity index (χ1n) is 7.14. The van der Waals surface area contributed by atoms with Gasteiger partial charge in [0, 0.05) is 26.1 Å². The number of hydrogen-bond acceptors (Lipinski definition) is 3. The summed E-state index contributed by atoms with van der Waals surface area (Å²) in [5.41, 5.74) is 1.71. The third kappa shape index (κ3) is 4.36. The van der Waals surface area contributed by atoms with Crippen LogP contribution >= 0.6 is 0 Å². The molecular formula is C16H20N2O2. The van der Waals surface area contributed by atoms with E-state index in [2.05, 4.69) is 6.07 Å². The molecule has 0 N–H and O–H groups in total. The van der Waals surface area contributed by atoms with Crippen LogP contribution in [0.25, 0.3) is 0 Å². The van der Waals surface area contributed by atoms with Crippen LogP contribution in [-0.4, -0.2) is 30.5 Å². The minimum atomic E-state index is 0.254. The van der Waals surface area contributed by atoms with Crippen molar-refractivity contribution in [3.05, 3.63) is 35.4 Å². The molecule has 2 rings (SSSR count). The van der Waals surface area contributed by atoms with E-state index >= 15 is 0 Å². The molecule has 1 fully saturated rings. The van der Waals surface area contributed by atoms with Gasteiger partial charge in [-0.05, 0) is 37.0 Å². The van der Waals surface area contributed by atoms with Crippen molar-refractivity contribution in [2.45, 2.75) is 32.3 Å². The summed E-state index contributed by atoms with van der Waals surface area (Å²) < 4.78 is 5.55. The maximum atomic E-state index is 11.8. The Morgan fingerprint density at radius 1 is 1.25 bits per heavy atom. The maximum Gasteiger partial charge on any atom is 0.222 e. The summed E-state index contributed by atoms with van der Waals surface area (Å²) in [5, 5.41) is 8.70. The number of benzene rings is 1. The second-order valence-corrected chi connectivity index (χ2v) is 5.05. The highest BCUT2D eigenvalue weighted by molar-refractivity contribution is 5.76. The van der Waals surface area contributed by atoms with Crippen LogP contribution < -0.4 is 0 Å². The summed E-state index contributed by atoms with van der Waals surface area (Å²) in [6.07, 6.45) is 3.63. The molecule has 0 saturated carbocycles. The quantitative estimate of drug-likeness (QED) is 0.748. The van der Waals surface area contributed by atoms with E-state index in [4.69, 9.17) is 10.00 Å². The Kier molecular flexibility index (Phi) is 5.57. The fourth-order valence-corrected chi connectivity index (χ4v) is 2.32. The number of nitrogens with zero attached hydrogens (tertiary/aromatic N) is 2. The van der Waals surface area contributed by atoms with Gasteiger partial charge in [-0.15, -0.1) is 0 Å². The largest absolute Gasteiger partial charge is 0.377 e. The van der Waals surface area contributed by atoms with E-state index < -0.39 is 0 Å².